The number of hydrogen-bond acceptors (Lipinski definition) is 4. The molecule has 116 valence electrons. The second-order valence-corrected chi connectivity index (χ2v) is 5.09. The molecule has 0 radical (unpaired) electrons. The van der Waals surface area contributed by atoms with E-state index in [1.807, 2.05) is 0 Å². The summed E-state index contributed by atoms with van der Waals surface area (Å²) in [5.41, 5.74) is 1.72. The van der Waals surface area contributed by atoms with Gasteiger partial charge in [-0.3, -0.25) is 9.59 Å². The second-order valence-electron chi connectivity index (χ2n) is 5.09. The monoisotopic (exact) mass is 312 g/mol. The summed E-state index contributed by atoms with van der Waals surface area (Å²) < 4.78 is 0. The van der Waals surface area contributed by atoms with Crippen molar-refractivity contribution in [2.24, 2.45) is 0 Å². The third-order valence-corrected chi connectivity index (χ3v) is 3.48. The van der Waals surface area contributed by atoms with Gasteiger partial charge in [0.1, 0.15) is 11.3 Å². The topological polar surface area (TPSA) is 116 Å². The summed E-state index contributed by atoms with van der Waals surface area (Å²) in [6, 6.07) is 8.60. The van der Waals surface area contributed by atoms with Gasteiger partial charge in [-0.2, -0.15) is 0 Å². The predicted octanol–water partition coefficient (Wildman–Crippen LogP) is 1.84. The number of anilines is 2. The number of benzene rings is 2. The van der Waals surface area contributed by atoms with Crippen LogP contribution in [0.4, 0.5) is 11.4 Å². The van der Waals surface area contributed by atoms with Gasteiger partial charge in [-0.05, 0) is 42.0 Å². The number of fused-ring (bicyclic) bond motifs is 1. The third-order valence-electron chi connectivity index (χ3n) is 3.48. The van der Waals surface area contributed by atoms with Gasteiger partial charge in [0.05, 0.1) is 6.42 Å². The molecule has 7 heteroatoms. The number of aromatic carboxylic acids is 1. The SMILES string of the molecule is O=C1Cc2cc(C(=O)Nc3ccc(O)c(C(=O)O)c3)ccc2N1. The zero-order valence-corrected chi connectivity index (χ0v) is 11.8. The van der Waals surface area contributed by atoms with E-state index >= 15 is 0 Å². The third kappa shape index (κ3) is 2.84. The smallest absolute Gasteiger partial charge is 0.339 e. The van der Waals surface area contributed by atoms with Crippen LogP contribution < -0.4 is 10.6 Å². The molecular formula is C16H12N2O5. The van der Waals surface area contributed by atoms with E-state index in [0.29, 0.717) is 11.3 Å². The minimum absolute atomic E-state index is 0.123. The Kier molecular flexibility index (Phi) is 3.46. The zero-order valence-electron chi connectivity index (χ0n) is 11.8. The number of carbonyl (C=O) groups is 3. The van der Waals surface area contributed by atoms with Gasteiger partial charge >= 0.3 is 5.97 Å². The number of carboxylic acid groups (broad SMARTS) is 1. The number of rotatable bonds is 3. The number of amides is 2. The number of carbonyl (C=O) groups excluding carboxylic acids is 2. The number of hydrogen-bond donors (Lipinski definition) is 4. The van der Waals surface area contributed by atoms with Crippen molar-refractivity contribution < 1.29 is 24.6 Å². The van der Waals surface area contributed by atoms with Gasteiger partial charge in [0.15, 0.2) is 0 Å². The molecule has 1 aliphatic rings. The van der Waals surface area contributed by atoms with Crippen molar-refractivity contribution in [3.63, 3.8) is 0 Å². The Morgan fingerprint density at radius 2 is 1.91 bits per heavy atom. The second kappa shape index (κ2) is 5.45. The van der Waals surface area contributed by atoms with Gasteiger partial charge in [0, 0.05) is 16.9 Å². The maximum atomic E-state index is 12.2. The molecule has 2 aromatic carbocycles. The van der Waals surface area contributed by atoms with Crippen LogP contribution in [0.2, 0.25) is 0 Å². The summed E-state index contributed by atoms with van der Waals surface area (Å²) >= 11 is 0. The van der Waals surface area contributed by atoms with Gasteiger partial charge in [0.2, 0.25) is 5.91 Å². The minimum atomic E-state index is -1.29. The fraction of sp³-hybridized carbons (Fsp3) is 0.0625. The molecule has 0 unspecified atom stereocenters. The lowest BCUT2D eigenvalue weighted by Crippen LogP contribution is -2.12. The molecule has 0 aromatic heterocycles. The lowest BCUT2D eigenvalue weighted by molar-refractivity contribution is -0.115. The van der Waals surface area contributed by atoms with Crippen LogP contribution in [-0.4, -0.2) is 28.0 Å². The maximum Gasteiger partial charge on any atom is 0.339 e. The van der Waals surface area contributed by atoms with Crippen molar-refractivity contribution in [2.75, 3.05) is 10.6 Å². The predicted molar refractivity (Wildman–Crippen MR) is 81.8 cm³/mol. The van der Waals surface area contributed by atoms with E-state index in [4.69, 9.17) is 5.11 Å². The minimum Gasteiger partial charge on any atom is -0.507 e. The van der Waals surface area contributed by atoms with Crippen LogP contribution in [-0.2, 0) is 11.2 Å². The quantitative estimate of drug-likeness (QED) is 0.645. The molecule has 4 N–H and O–H groups in total. The first kappa shape index (κ1) is 14.6. The number of carboxylic acids is 1. The van der Waals surface area contributed by atoms with Crippen LogP contribution >= 0.6 is 0 Å². The fourth-order valence-corrected chi connectivity index (χ4v) is 2.36. The molecular weight excluding hydrogens is 300 g/mol. The number of aromatic hydroxyl groups is 1. The molecule has 2 amide bonds. The van der Waals surface area contributed by atoms with Crippen LogP contribution in [0.25, 0.3) is 0 Å². The van der Waals surface area contributed by atoms with Crippen LogP contribution in [0.1, 0.15) is 26.3 Å². The summed E-state index contributed by atoms with van der Waals surface area (Å²) in [5, 5.41) is 23.7. The van der Waals surface area contributed by atoms with E-state index in [0.717, 1.165) is 5.56 Å². The van der Waals surface area contributed by atoms with Gasteiger partial charge in [-0.15, -0.1) is 0 Å². The Labute approximate surface area is 130 Å². The molecule has 1 heterocycles. The number of nitrogens with one attached hydrogen (secondary N) is 2. The van der Waals surface area contributed by atoms with Crippen molar-refractivity contribution in [1.29, 1.82) is 0 Å². The standard InChI is InChI=1S/C16H12N2O5/c19-13-4-2-10(7-11(13)16(22)23)17-15(21)8-1-3-12-9(5-8)6-14(20)18-12/h1-5,7,19H,6H2,(H,17,21)(H,18,20)(H,22,23). The largest absolute Gasteiger partial charge is 0.507 e. The van der Waals surface area contributed by atoms with Crippen LogP contribution in [0.5, 0.6) is 5.75 Å². The summed E-state index contributed by atoms with van der Waals surface area (Å²) in [6.07, 6.45) is 0.221. The summed E-state index contributed by atoms with van der Waals surface area (Å²) in [6.45, 7) is 0. The Balaban J connectivity index is 1.83. The molecule has 3 rings (SSSR count). The van der Waals surface area contributed by atoms with E-state index in [1.54, 1.807) is 18.2 Å². The van der Waals surface area contributed by atoms with Crippen molar-refractivity contribution in [2.45, 2.75) is 6.42 Å². The lowest BCUT2D eigenvalue weighted by atomic mass is 10.1. The Hall–Kier alpha value is -3.35. The summed E-state index contributed by atoms with van der Waals surface area (Å²) in [5.74, 6) is -2.23. The van der Waals surface area contributed by atoms with Crippen LogP contribution in [0.15, 0.2) is 36.4 Å². The van der Waals surface area contributed by atoms with E-state index in [9.17, 15) is 19.5 Å². The highest BCUT2D eigenvalue weighted by Crippen LogP contribution is 2.25. The van der Waals surface area contributed by atoms with E-state index < -0.39 is 11.9 Å². The van der Waals surface area contributed by atoms with Gasteiger partial charge in [-0.25, -0.2) is 4.79 Å². The average Bonchev–Trinajstić information content (AvgIpc) is 2.87. The van der Waals surface area contributed by atoms with Gasteiger partial charge < -0.3 is 20.8 Å². The highest BCUT2D eigenvalue weighted by Gasteiger charge is 2.19. The Morgan fingerprint density at radius 3 is 2.65 bits per heavy atom. The van der Waals surface area contributed by atoms with Crippen molar-refractivity contribution >= 4 is 29.2 Å². The van der Waals surface area contributed by atoms with Crippen molar-refractivity contribution in [3.8, 4) is 5.75 Å². The first-order valence-electron chi connectivity index (χ1n) is 6.74. The molecule has 0 saturated heterocycles. The molecule has 0 aliphatic carbocycles. The highest BCUT2D eigenvalue weighted by molar-refractivity contribution is 6.07. The molecule has 0 fully saturated rings. The maximum absolute atomic E-state index is 12.2. The molecule has 0 saturated carbocycles. The summed E-state index contributed by atoms with van der Waals surface area (Å²) in [7, 11) is 0. The highest BCUT2D eigenvalue weighted by atomic mass is 16.4. The molecule has 23 heavy (non-hydrogen) atoms. The Bertz CT molecular complexity index is 844. The molecule has 0 bridgehead atoms. The average molecular weight is 312 g/mol. The normalized spacial score (nSPS) is 12.4. The molecule has 7 nitrogen and oxygen atoms in total. The van der Waals surface area contributed by atoms with Crippen molar-refractivity contribution in [3.05, 3.63) is 53.1 Å². The molecule has 0 atom stereocenters. The lowest BCUT2D eigenvalue weighted by Gasteiger charge is -2.08. The van der Waals surface area contributed by atoms with E-state index in [-0.39, 0.29) is 29.3 Å². The zero-order chi connectivity index (χ0) is 16.6. The van der Waals surface area contributed by atoms with E-state index in [1.165, 1.54) is 18.2 Å². The number of phenols is 1. The van der Waals surface area contributed by atoms with Crippen LogP contribution in [0, 0.1) is 0 Å². The first-order valence-corrected chi connectivity index (χ1v) is 6.74. The summed E-state index contributed by atoms with van der Waals surface area (Å²) in [4.78, 5) is 34.5. The van der Waals surface area contributed by atoms with Crippen molar-refractivity contribution in [1.82, 2.24) is 0 Å². The molecule has 1 aliphatic heterocycles. The molecule has 2 aromatic rings. The molecule has 0 spiro atoms. The van der Waals surface area contributed by atoms with E-state index in [2.05, 4.69) is 10.6 Å². The van der Waals surface area contributed by atoms with Crippen LogP contribution in [0.3, 0.4) is 0 Å². The van der Waals surface area contributed by atoms with Gasteiger partial charge in [-0.1, -0.05) is 0 Å². The fourth-order valence-electron chi connectivity index (χ4n) is 2.36. The first-order chi connectivity index (χ1) is 10.9. The Morgan fingerprint density at radius 1 is 1.13 bits per heavy atom. The van der Waals surface area contributed by atoms with Gasteiger partial charge in [0.25, 0.3) is 5.91 Å².